The number of carboxylic acid groups (broad SMARTS) is 2. The van der Waals surface area contributed by atoms with E-state index in [1.54, 1.807) is 18.2 Å². The van der Waals surface area contributed by atoms with Crippen molar-refractivity contribution in [2.45, 2.75) is 13.0 Å². The van der Waals surface area contributed by atoms with Crippen LogP contribution in [0, 0.1) is 5.92 Å². The highest BCUT2D eigenvalue weighted by molar-refractivity contribution is 5.98. The Morgan fingerprint density at radius 2 is 1.95 bits per heavy atom. The van der Waals surface area contributed by atoms with Crippen LogP contribution in [-0.2, 0) is 16.1 Å². The smallest absolute Gasteiger partial charge is 0.308 e. The van der Waals surface area contributed by atoms with Crippen LogP contribution >= 0.6 is 0 Å². The van der Waals surface area contributed by atoms with Gasteiger partial charge in [0.05, 0.1) is 12.3 Å². The number of hydrogen-bond acceptors (Lipinski definition) is 3. The van der Waals surface area contributed by atoms with Crippen LogP contribution in [0.4, 0.5) is 0 Å². The van der Waals surface area contributed by atoms with Crippen molar-refractivity contribution >= 4 is 17.8 Å². The second-order valence-electron chi connectivity index (χ2n) is 4.48. The maximum Gasteiger partial charge on any atom is 0.308 e. The lowest BCUT2D eigenvalue weighted by Gasteiger charge is -2.19. The van der Waals surface area contributed by atoms with E-state index in [1.807, 2.05) is 6.07 Å². The van der Waals surface area contributed by atoms with Gasteiger partial charge in [-0.2, -0.15) is 0 Å². The largest absolute Gasteiger partial charge is 0.481 e. The predicted molar refractivity (Wildman–Crippen MR) is 64.6 cm³/mol. The molecule has 0 saturated heterocycles. The van der Waals surface area contributed by atoms with E-state index in [4.69, 9.17) is 10.2 Å². The second-order valence-corrected chi connectivity index (χ2v) is 4.48. The van der Waals surface area contributed by atoms with Gasteiger partial charge in [0.25, 0.3) is 5.91 Å². The number of hydrogen-bond donors (Lipinski definition) is 2. The van der Waals surface area contributed by atoms with Gasteiger partial charge in [-0.25, -0.2) is 0 Å². The van der Waals surface area contributed by atoms with Crippen LogP contribution in [0.2, 0.25) is 0 Å². The first kappa shape index (κ1) is 13.1. The molecule has 0 aromatic heterocycles. The Labute approximate surface area is 109 Å². The van der Waals surface area contributed by atoms with Gasteiger partial charge in [-0.05, 0) is 11.6 Å². The van der Waals surface area contributed by atoms with Gasteiger partial charge < -0.3 is 15.1 Å². The molecule has 0 bridgehead atoms. The van der Waals surface area contributed by atoms with Crippen LogP contribution in [0.15, 0.2) is 24.3 Å². The van der Waals surface area contributed by atoms with Crippen molar-refractivity contribution in [2.75, 3.05) is 6.54 Å². The minimum atomic E-state index is -1.20. The van der Waals surface area contributed by atoms with Crippen molar-refractivity contribution in [2.24, 2.45) is 5.92 Å². The zero-order valence-electron chi connectivity index (χ0n) is 10.1. The molecule has 0 radical (unpaired) electrons. The molecule has 2 N–H and O–H groups in total. The molecule has 2 rings (SSSR count). The predicted octanol–water partition coefficient (Wildman–Crippen LogP) is 0.818. The van der Waals surface area contributed by atoms with Crippen LogP contribution in [0.3, 0.4) is 0 Å². The van der Waals surface area contributed by atoms with Gasteiger partial charge in [0.15, 0.2) is 0 Å². The van der Waals surface area contributed by atoms with E-state index < -0.39 is 24.3 Å². The minimum absolute atomic E-state index is 0.0881. The number of nitrogens with zero attached hydrogens (tertiary/aromatic N) is 1. The van der Waals surface area contributed by atoms with E-state index in [9.17, 15) is 14.4 Å². The fourth-order valence-electron chi connectivity index (χ4n) is 2.17. The number of carbonyl (C=O) groups is 3. The monoisotopic (exact) mass is 263 g/mol. The Hall–Kier alpha value is -2.37. The zero-order valence-corrected chi connectivity index (χ0v) is 10.1. The molecule has 1 aromatic rings. The van der Waals surface area contributed by atoms with Gasteiger partial charge in [-0.1, -0.05) is 18.2 Å². The van der Waals surface area contributed by atoms with Crippen molar-refractivity contribution in [3.8, 4) is 0 Å². The Morgan fingerprint density at radius 1 is 1.26 bits per heavy atom. The third-order valence-corrected chi connectivity index (χ3v) is 3.11. The number of rotatable bonds is 5. The molecule has 1 heterocycles. The summed E-state index contributed by atoms with van der Waals surface area (Å²) in [4.78, 5) is 35.0. The molecular formula is C13H13NO5. The van der Waals surface area contributed by atoms with Crippen LogP contribution in [0.5, 0.6) is 0 Å². The first-order chi connectivity index (χ1) is 8.99. The van der Waals surface area contributed by atoms with Crippen molar-refractivity contribution < 1.29 is 24.6 Å². The molecule has 6 heteroatoms. The van der Waals surface area contributed by atoms with Gasteiger partial charge in [-0.3, -0.25) is 14.4 Å². The molecular weight excluding hydrogens is 250 g/mol. The van der Waals surface area contributed by atoms with E-state index in [2.05, 4.69) is 0 Å². The number of aliphatic carboxylic acids is 2. The quantitative estimate of drug-likeness (QED) is 0.820. The molecule has 1 aliphatic heterocycles. The standard InChI is InChI=1S/C13H13NO5/c15-11(16)5-9(13(18)19)7-14-6-8-3-1-2-4-10(8)12(14)17/h1-4,9H,5-7H2,(H,15,16)(H,18,19). The Kier molecular flexibility index (Phi) is 3.50. The fraction of sp³-hybridized carbons (Fsp3) is 0.308. The van der Waals surface area contributed by atoms with Crippen molar-refractivity contribution in [3.63, 3.8) is 0 Å². The Bertz CT molecular complexity index is 540. The van der Waals surface area contributed by atoms with Crippen LogP contribution in [-0.4, -0.2) is 39.5 Å². The average molecular weight is 263 g/mol. The molecule has 1 atom stereocenters. The third-order valence-electron chi connectivity index (χ3n) is 3.11. The number of carbonyl (C=O) groups excluding carboxylic acids is 1. The molecule has 1 aliphatic rings. The third kappa shape index (κ3) is 2.73. The first-order valence-corrected chi connectivity index (χ1v) is 5.81. The van der Waals surface area contributed by atoms with E-state index in [1.165, 1.54) is 4.90 Å². The van der Waals surface area contributed by atoms with E-state index in [0.717, 1.165) is 5.56 Å². The van der Waals surface area contributed by atoms with Gasteiger partial charge in [0.2, 0.25) is 0 Å². The van der Waals surface area contributed by atoms with E-state index in [0.29, 0.717) is 12.1 Å². The second kappa shape index (κ2) is 5.09. The van der Waals surface area contributed by atoms with Crippen molar-refractivity contribution in [3.05, 3.63) is 35.4 Å². The molecule has 19 heavy (non-hydrogen) atoms. The highest BCUT2D eigenvalue weighted by atomic mass is 16.4. The first-order valence-electron chi connectivity index (χ1n) is 5.81. The van der Waals surface area contributed by atoms with Gasteiger partial charge in [0, 0.05) is 18.7 Å². The minimum Gasteiger partial charge on any atom is -0.481 e. The molecule has 1 unspecified atom stereocenters. The lowest BCUT2D eigenvalue weighted by molar-refractivity contribution is -0.148. The molecule has 1 amide bonds. The SMILES string of the molecule is O=C(O)CC(CN1Cc2ccccc2C1=O)C(=O)O. The normalized spacial score (nSPS) is 15.2. The van der Waals surface area contributed by atoms with Crippen molar-refractivity contribution in [1.29, 1.82) is 0 Å². The summed E-state index contributed by atoms with van der Waals surface area (Å²) in [6, 6.07) is 7.04. The van der Waals surface area contributed by atoms with E-state index in [-0.39, 0.29) is 12.5 Å². The maximum atomic E-state index is 12.0. The van der Waals surface area contributed by atoms with Gasteiger partial charge in [-0.15, -0.1) is 0 Å². The lowest BCUT2D eigenvalue weighted by Crippen LogP contribution is -2.34. The van der Waals surface area contributed by atoms with Crippen LogP contribution in [0.25, 0.3) is 0 Å². The van der Waals surface area contributed by atoms with Crippen LogP contribution < -0.4 is 0 Å². The van der Waals surface area contributed by atoms with Gasteiger partial charge in [0.1, 0.15) is 0 Å². The molecule has 0 aliphatic carbocycles. The molecule has 0 fully saturated rings. The zero-order chi connectivity index (χ0) is 14.0. The van der Waals surface area contributed by atoms with Crippen LogP contribution in [0.1, 0.15) is 22.3 Å². The summed E-state index contributed by atoms with van der Waals surface area (Å²) < 4.78 is 0. The number of amides is 1. The molecule has 100 valence electrons. The number of benzene rings is 1. The summed E-state index contributed by atoms with van der Waals surface area (Å²) in [5.74, 6) is -3.72. The molecule has 6 nitrogen and oxygen atoms in total. The maximum absolute atomic E-state index is 12.0. The molecule has 0 saturated carbocycles. The molecule has 0 spiro atoms. The highest BCUT2D eigenvalue weighted by Gasteiger charge is 2.31. The number of carboxylic acids is 2. The summed E-state index contributed by atoms with van der Waals surface area (Å²) in [6.07, 6.45) is -0.491. The summed E-state index contributed by atoms with van der Waals surface area (Å²) in [5.41, 5.74) is 1.40. The lowest BCUT2D eigenvalue weighted by atomic mass is 10.1. The fourth-order valence-corrected chi connectivity index (χ4v) is 2.17. The summed E-state index contributed by atoms with van der Waals surface area (Å²) >= 11 is 0. The summed E-state index contributed by atoms with van der Waals surface area (Å²) in [7, 11) is 0. The number of fused-ring (bicyclic) bond motifs is 1. The Balaban J connectivity index is 2.11. The van der Waals surface area contributed by atoms with Gasteiger partial charge >= 0.3 is 11.9 Å². The van der Waals surface area contributed by atoms with E-state index >= 15 is 0 Å². The topological polar surface area (TPSA) is 94.9 Å². The average Bonchev–Trinajstić information content (AvgIpc) is 2.65. The molecule has 1 aromatic carbocycles. The summed E-state index contributed by atoms with van der Waals surface area (Å²) in [5, 5.41) is 17.7. The van der Waals surface area contributed by atoms with Crippen molar-refractivity contribution in [1.82, 2.24) is 4.90 Å². The Morgan fingerprint density at radius 3 is 2.53 bits per heavy atom. The summed E-state index contributed by atoms with van der Waals surface area (Å²) in [6.45, 7) is 0.244. The highest BCUT2D eigenvalue weighted by Crippen LogP contribution is 2.23.